The lowest BCUT2D eigenvalue weighted by Crippen LogP contribution is -2.12. The standard InChI is InChI=1S/C26H23N3O3/c1-18-8-5-6-11-21(18)25-22(17-29(28-25)20-9-3-2-4-10-20)26(30)27-19-12-13-23-24(16-19)32-15-7-14-31-23/h2-6,8-13,16-17H,7,14-15H2,1H3,(H,27,30). The SMILES string of the molecule is Cc1ccccc1-c1nn(-c2ccccc2)cc1C(=O)Nc1ccc2c(c1)OCCCO2. The molecule has 1 aliphatic heterocycles. The lowest BCUT2D eigenvalue weighted by Gasteiger charge is -2.11. The maximum Gasteiger partial charge on any atom is 0.259 e. The average molecular weight is 425 g/mol. The van der Waals surface area contributed by atoms with Gasteiger partial charge in [-0.3, -0.25) is 4.79 Å². The molecule has 0 saturated heterocycles. The van der Waals surface area contributed by atoms with Crippen LogP contribution in [0.4, 0.5) is 5.69 Å². The number of para-hydroxylation sites is 1. The summed E-state index contributed by atoms with van der Waals surface area (Å²) >= 11 is 0. The Morgan fingerprint density at radius 2 is 1.69 bits per heavy atom. The van der Waals surface area contributed by atoms with Crippen LogP contribution in [0.2, 0.25) is 0 Å². The Kier molecular flexibility index (Phi) is 5.34. The molecule has 0 bridgehead atoms. The lowest BCUT2D eigenvalue weighted by atomic mass is 10.0. The third-order valence-electron chi connectivity index (χ3n) is 5.39. The molecule has 2 heterocycles. The number of hydrogen-bond donors (Lipinski definition) is 1. The van der Waals surface area contributed by atoms with Crippen molar-refractivity contribution < 1.29 is 14.3 Å². The van der Waals surface area contributed by atoms with Crippen LogP contribution in [0.15, 0.2) is 79.0 Å². The fraction of sp³-hybridized carbons (Fsp3) is 0.154. The summed E-state index contributed by atoms with van der Waals surface area (Å²) in [4.78, 5) is 13.4. The first-order chi connectivity index (χ1) is 15.7. The summed E-state index contributed by atoms with van der Waals surface area (Å²) in [5.74, 6) is 1.09. The van der Waals surface area contributed by atoms with E-state index in [0.29, 0.717) is 41.7 Å². The highest BCUT2D eigenvalue weighted by atomic mass is 16.5. The molecule has 3 aromatic carbocycles. The van der Waals surface area contributed by atoms with Gasteiger partial charge in [-0.1, -0.05) is 42.5 Å². The fourth-order valence-electron chi connectivity index (χ4n) is 3.73. The molecule has 0 atom stereocenters. The van der Waals surface area contributed by atoms with Gasteiger partial charge >= 0.3 is 0 Å². The minimum Gasteiger partial charge on any atom is -0.490 e. The van der Waals surface area contributed by atoms with E-state index >= 15 is 0 Å². The number of nitrogens with zero attached hydrogens (tertiary/aromatic N) is 2. The van der Waals surface area contributed by atoms with Crippen LogP contribution in [0, 0.1) is 6.92 Å². The van der Waals surface area contributed by atoms with Gasteiger partial charge in [-0.2, -0.15) is 5.10 Å². The first-order valence-electron chi connectivity index (χ1n) is 10.6. The van der Waals surface area contributed by atoms with Crippen molar-refractivity contribution in [1.29, 1.82) is 0 Å². The number of carbonyl (C=O) groups is 1. The van der Waals surface area contributed by atoms with Gasteiger partial charge in [-0.05, 0) is 36.8 Å². The number of aryl methyl sites for hydroxylation is 1. The van der Waals surface area contributed by atoms with Crippen LogP contribution in [-0.2, 0) is 0 Å². The van der Waals surface area contributed by atoms with Gasteiger partial charge in [0.05, 0.1) is 24.5 Å². The molecule has 0 fully saturated rings. The second-order valence-corrected chi connectivity index (χ2v) is 7.65. The predicted octanol–water partition coefficient (Wildman–Crippen LogP) is 5.26. The number of fused-ring (bicyclic) bond motifs is 1. The van der Waals surface area contributed by atoms with E-state index in [1.54, 1.807) is 16.9 Å². The van der Waals surface area contributed by atoms with E-state index < -0.39 is 0 Å². The van der Waals surface area contributed by atoms with E-state index in [0.717, 1.165) is 23.2 Å². The quantitative estimate of drug-likeness (QED) is 0.484. The van der Waals surface area contributed by atoms with E-state index in [4.69, 9.17) is 14.6 Å². The normalized spacial score (nSPS) is 12.8. The average Bonchev–Trinajstić information content (AvgIpc) is 3.13. The molecule has 0 spiro atoms. The third-order valence-corrected chi connectivity index (χ3v) is 5.39. The number of nitrogens with one attached hydrogen (secondary N) is 1. The van der Waals surface area contributed by atoms with Crippen LogP contribution in [0.25, 0.3) is 16.9 Å². The molecule has 160 valence electrons. The third kappa shape index (κ3) is 3.95. The number of carbonyl (C=O) groups excluding carboxylic acids is 1. The molecular formula is C26H23N3O3. The highest BCUT2D eigenvalue weighted by Crippen LogP contribution is 2.33. The Hall–Kier alpha value is -4.06. The molecule has 1 N–H and O–H groups in total. The summed E-state index contributed by atoms with van der Waals surface area (Å²) in [6, 6.07) is 23.1. The molecule has 1 aliphatic rings. The summed E-state index contributed by atoms with van der Waals surface area (Å²) in [6.45, 7) is 3.23. The van der Waals surface area contributed by atoms with E-state index in [-0.39, 0.29) is 5.91 Å². The van der Waals surface area contributed by atoms with E-state index in [1.807, 2.05) is 73.7 Å². The van der Waals surface area contributed by atoms with Crippen molar-refractivity contribution in [3.63, 3.8) is 0 Å². The number of anilines is 1. The van der Waals surface area contributed by atoms with Crippen LogP contribution >= 0.6 is 0 Å². The molecular weight excluding hydrogens is 402 g/mol. The van der Waals surface area contributed by atoms with Gasteiger partial charge < -0.3 is 14.8 Å². The Labute approximate surface area is 186 Å². The molecule has 32 heavy (non-hydrogen) atoms. The summed E-state index contributed by atoms with van der Waals surface area (Å²) < 4.78 is 13.2. The fourth-order valence-corrected chi connectivity index (χ4v) is 3.73. The lowest BCUT2D eigenvalue weighted by molar-refractivity contribution is 0.102. The highest BCUT2D eigenvalue weighted by molar-refractivity contribution is 6.08. The van der Waals surface area contributed by atoms with Crippen molar-refractivity contribution in [2.45, 2.75) is 13.3 Å². The van der Waals surface area contributed by atoms with E-state index in [2.05, 4.69) is 5.32 Å². The van der Waals surface area contributed by atoms with Gasteiger partial charge in [0, 0.05) is 29.9 Å². The number of benzene rings is 3. The van der Waals surface area contributed by atoms with Crippen LogP contribution in [0.1, 0.15) is 22.3 Å². The second-order valence-electron chi connectivity index (χ2n) is 7.65. The van der Waals surface area contributed by atoms with Gasteiger partial charge in [0.2, 0.25) is 0 Å². The number of amides is 1. The van der Waals surface area contributed by atoms with Crippen LogP contribution < -0.4 is 14.8 Å². The summed E-state index contributed by atoms with van der Waals surface area (Å²) in [6.07, 6.45) is 2.60. The number of hydrogen-bond acceptors (Lipinski definition) is 4. The van der Waals surface area contributed by atoms with Gasteiger partial charge in [-0.15, -0.1) is 0 Å². The molecule has 4 aromatic rings. The monoisotopic (exact) mass is 425 g/mol. The largest absolute Gasteiger partial charge is 0.490 e. The Morgan fingerprint density at radius 3 is 2.50 bits per heavy atom. The molecule has 0 unspecified atom stereocenters. The van der Waals surface area contributed by atoms with Crippen LogP contribution in [-0.4, -0.2) is 28.9 Å². The first kappa shape index (κ1) is 19.9. The smallest absolute Gasteiger partial charge is 0.259 e. The highest BCUT2D eigenvalue weighted by Gasteiger charge is 2.21. The van der Waals surface area contributed by atoms with Crippen LogP contribution in [0.5, 0.6) is 11.5 Å². The van der Waals surface area contributed by atoms with Gasteiger partial charge in [-0.25, -0.2) is 4.68 Å². The zero-order chi connectivity index (χ0) is 21.9. The Bertz CT molecular complexity index is 1260. The van der Waals surface area contributed by atoms with E-state index in [9.17, 15) is 4.79 Å². The maximum atomic E-state index is 13.4. The minimum atomic E-state index is -0.236. The topological polar surface area (TPSA) is 65.4 Å². The summed E-state index contributed by atoms with van der Waals surface area (Å²) in [7, 11) is 0. The Morgan fingerprint density at radius 1 is 0.938 bits per heavy atom. The molecule has 6 heteroatoms. The van der Waals surface area contributed by atoms with Crippen molar-refractivity contribution in [3.05, 3.63) is 90.1 Å². The maximum absolute atomic E-state index is 13.4. The number of rotatable bonds is 4. The Balaban J connectivity index is 1.52. The van der Waals surface area contributed by atoms with Gasteiger partial charge in [0.15, 0.2) is 11.5 Å². The minimum absolute atomic E-state index is 0.236. The zero-order valence-corrected chi connectivity index (χ0v) is 17.7. The number of aromatic nitrogens is 2. The molecule has 0 saturated carbocycles. The molecule has 1 amide bonds. The zero-order valence-electron chi connectivity index (χ0n) is 17.7. The molecule has 1 aromatic heterocycles. The predicted molar refractivity (Wildman–Crippen MR) is 124 cm³/mol. The second kappa shape index (κ2) is 8.59. The first-order valence-corrected chi connectivity index (χ1v) is 10.6. The van der Waals surface area contributed by atoms with Crippen molar-refractivity contribution in [1.82, 2.24) is 9.78 Å². The molecule has 0 aliphatic carbocycles. The van der Waals surface area contributed by atoms with Gasteiger partial charge in [0.1, 0.15) is 5.69 Å². The molecule has 5 rings (SSSR count). The molecule has 6 nitrogen and oxygen atoms in total. The van der Waals surface area contributed by atoms with Crippen molar-refractivity contribution >= 4 is 11.6 Å². The van der Waals surface area contributed by atoms with Crippen molar-refractivity contribution in [2.24, 2.45) is 0 Å². The van der Waals surface area contributed by atoms with Crippen molar-refractivity contribution in [3.8, 4) is 28.4 Å². The molecule has 0 radical (unpaired) electrons. The van der Waals surface area contributed by atoms with Crippen molar-refractivity contribution in [2.75, 3.05) is 18.5 Å². The van der Waals surface area contributed by atoms with Gasteiger partial charge in [0.25, 0.3) is 5.91 Å². The van der Waals surface area contributed by atoms with E-state index in [1.165, 1.54) is 0 Å². The summed E-state index contributed by atoms with van der Waals surface area (Å²) in [5.41, 5.74) is 4.63. The number of ether oxygens (including phenoxy) is 2. The van der Waals surface area contributed by atoms with Crippen LogP contribution in [0.3, 0.4) is 0 Å². The summed E-state index contributed by atoms with van der Waals surface area (Å²) in [5, 5.41) is 7.76.